The number of para-hydroxylation sites is 5. The molecule has 0 aliphatic rings. The molecule has 2 aromatic heterocycles. The van der Waals surface area contributed by atoms with Crippen molar-refractivity contribution in [1.29, 1.82) is 0 Å². The molecule has 0 N–H and O–H groups in total. The first-order chi connectivity index (χ1) is 25.3. The molecule has 8 aromatic carbocycles. The highest BCUT2D eigenvalue weighted by atomic mass is 16.3. The third kappa shape index (κ3) is 4.90. The number of rotatable bonds is 6. The third-order valence-electron chi connectivity index (χ3n) is 10.0. The number of benzene rings is 8. The van der Waals surface area contributed by atoms with Crippen LogP contribution >= 0.6 is 0 Å². The van der Waals surface area contributed by atoms with Crippen molar-refractivity contribution in [3.05, 3.63) is 194 Å². The molecule has 0 aliphatic carbocycles. The predicted molar refractivity (Wildman–Crippen MR) is 214 cm³/mol. The van der Waals surface area contributed by atoms with E-state index in [2.05, 4.69) is 191 Å². The van der Waals surface area contributed by atoms with Crippen LogP contribution in [0.25, 0.3) is 71.7 Å². The lowest BCUT2D eigenvalue weighted by atomic mass is 10.0. The molecule has 2 heterocycles. The van der Waals surface area contributed by atoms with E-state index in [9.17, 15) is 0 Å². The Hall–Kier alpha value is -6.84. The zero-order valence-corrected chi connectivity index (χ0v) is 27.8. The molecule has 0 atom stereocenters. The molecule has 0 aliphatic heterocycles. The monoisotopic (exact) mass is 652 g/mol. The molecule has 0 bridgehead atoms. The fourth-order valence-corrected chi connectivity index (χ4v) is 7.59. The zero-order valence-electron chi connectivity index (χ0n) is 27.8. The van der Waals surface area contributed by atoms with Crippen LogP contribution in [-0.4, -0.2) is 4.57 Å². The molecule has 240 valence electrons. The van der Waals surface area contributed by atoms with E-state index in [1.54, 1.807) is 0 Å². The van der Waals surface area contributed by atoms with E-state index < -0.39 is 0 Å². The van der Waals surface area contributed by atoms with Crippen molar-refractivity contribution >= 4 is 60.8 Å². The van der Waals surface area contributed by atoms with Gasteiger partial charge >= 0.3 is 0 Å². The molecule has 0 saturated carbocycles. The Morgan fingerprint density at radius 2 is 0.843 bits per heavy atom. The van der Waals surface area contributed by atoms with Crippen LogP contribution in [0.5, 0.6) is 0 Å². The summed E-state index contributed by atoms with van der Waals surface area (Å²) in [6.45, 7) is 0. The molecule has 0 saturated heterocycles. The number of fused-ring (bicyclic) bond motifs is 6. The van der Waals surface area contributed by atoms with Crippen LogP contribution in [0.3, 0.4) is 0 Å². The van der Waals surface area contributed by atoms with Crippen LogP contribution in [-0.2, 0) is 0 Å². The average molecular weight is 653 g/mol. The van der Waals surface area contributed by atoms with E-state index in [0.29, 0.717) is 0 Å². The van der Waals surface area contributed by atoms with Crippen LogP contribution in [0.2, 0.25) is 0 Å². The van der Waals surface area contributed by atoms with E-state index in [1.807, 2.05) is 12.1 Å². The van der Waals surface area contributed by atoms with Crippen molar-refractivity contribution in [3.63, 3.8) is 0 Å². The molecule has 0 radical (unpaired) electrons. The maximum absolute atomic E-state index is 6.23. The van der Waals surface area contributed by atoms with E-state index in [1.165, 1.54) is 32.9 Å². The van der Waals surface area contributed by atoms with Crippen molar-refractivity contribution in [2.75, 3.05) is 4.90 Å². The van der Waals surface area contributed by atoms with E-state index in [0.717, 1.165) is 55.8 Å². The fourth-order valence-electron chi connectivity index (χ4n) is 7.59. The van der Waals surface area contributed by atoms with Gasteiger partial charge in [-0.05, 0) is 89.0 Å². The largest absolute Gasteiger partial charge is 0.456 e. The highest BCUT2D eigenvalue weighted by molar-refractivity contribution is 6.10. The minimum Gasteiger partial charge on any atom is -0.456 e. The molecule has 0 unspecified atom stereocenters. The number of anilines is 3. The van der Waals surface area contributed by atoms with E-state index in [-0.39, 0.29) is 0 Å². The summed E-state index contributed by atoms with van der Waals surface area (Å²) in [4.78, 5) is 2.37. The molecule has 51 heavy (non-hydrogen) atoms. The number of hydrogen-bond acceptors (Lipinski definition) is 2. The average Bonchev–Trinajstić information content (AvgIpc) is 3.75. The van der Waals surface area contributed by atoms with Gasteiger partial charge in [0.15, 0.2) is 0 Å². The first-order valence-electron chi connectivity index (χ1n) is 17.4. The molecular formula is C48H32N2O. The fraction of sp³-hybridized carbons (Fsp3) is 0. The van der Waals surface area contributed by atoms with Crippen molar-refractivity contribution in [2.45, 2.75) is 0 Å². The predicted octanol–water partition coefficient (Wildman–Crippen LogP) is 13.5. The summed E-state index contributed by atoms with van der Waals surface area (Å²) in [6.07, 6.45) is 0. The maximum atomic E-state index is 6.23. The van der Waals surface area contributed by atoms with E-state index >= 15 is 0 Å². The van der Waals surface area contributed by atoms with Gasteiger partial charge in [0, 0.05) is 32.9 Å². The molecule has 0 fully saturated rings. The summed E-state index contributed by atoms with van der Waals surface area (Å²) < 4.78 is 8.64. The van der Waals surface area contributed by atoms with Gasteiger partial charge in [0.25, 0.3) is 0 Å². The summed E-state index contributed by atoms with van der Waals surface area (Å²) in [6, 6.07) is 69.2. The molecule has 3 nitrogen and oxygen atoms in total. The highest BCUT2D eigenvalue weighted by Gasteiger charge is 2.20. The lowest BCUT2D eigenvalue weighted by Gasteiger charge is -2.28. The van der Waals surface area contributed by atoms with Gasteiger partial charge in [-0.15, -0.1) is 0 Å². The van der Waals surface area contributed by atoms with E-state index in [4.69, 9.17) is 4.42 Å². The summed E-state index contributed by atoms with van der Waals surface area (Å²) in [5.41, 5.74) is 13.2. The van der Waals surface area contributed by atoms with Gasteiger partial charge in [0.2, 0.25) is 0 Å². The SMILES string of the molecule is c1ccc(-c2ccc(N(c3ccc(-c4ccc5c(c4)oc4ccccc45)cc3)c3ccccc3-n3c4ccccc4c4ccccc43)cc2)cc1. The molecule has 0 spiro atoms. The van der Waals surface area contributed by atoms with Crippen LogP contribution in [0, 0.1) is 0 Å². The Bertz CT molecular complexity index is 2790. The second-order valence-corrected chi connectivity index (χ2v) is 13.0. The van der Waals surface area contributed by atoms with Crippen LogP contribution in [0.1, 0.15) is 0 Å². The summed E-state index contributed by atoms with van der Waals surface area (Å²) in [5.74, 6) is 0. The molecule has 10 rings (SSSR count). The molecule has 0 amide bonds. The van der Waals surface area contributed by atoms with Gasteiger partial charge in [-0.25, -0.2) is 0 Å². The van der Waals surface area contributed by atoms with Gasteiger partial charge in [-0.3, -0.25) is 0 Å². The Balaban J connectivity index is 1.13. The minimum absolute atomic E-state index is 0.901. The van der Waals surface area contributed by atoms with Crippen LogP contribution in [0.4, 0.5) is 17.1 Å². The standard InChI is InChI=1S/C48H32N2O/c1-2-12-33(13-3-1)34-22-27-37(28-23-34)49(38-29-24-35(25-30-38)36-26-31-42-41-16-6-11-21-47(41)51-48(42)32-36)45-19-9-10-20-46(45)50-43-17-7-4-14-39(43)40-15-5-8-18-44(40)50/h1-32H. The normalized spacial score (nSPS) is 11.5. The molecule has 10 aromatic rings. The summed E-state index contributed by atoms with van der Waals surface area (Å²) in [7, 11) is 0. The Labute approximate surface area is 295 Å². The quantitative estimate of drug-likeness (QED) is 0.178. The minimum atomic E-state index is 0.901. The number of nitrogens with zero attached hydrogens (tertiary/aromatic N) is 2. The lowest BCUT2D eigenvalue weighted by Crippen LogP contribution is -2.13. The Morgan fingerprint density at radius 1 is 0.353 bits per heavy atom. The number of aromatic nitrogens is 1. The molecular weight excluding hydrogens is 621 g/mol. The van der Waals surface area contributed by atoms with Gasteiger partial charge in [-0.1, -0.05) is 127 Å². The Kier molecular flexibility index (Phi) is 6.81. The Morgan fingerprint density at radius 3 is 1.53 bits per heavy atom. The number of hydrogen-bond donors (Lipinski definition) is 0. The lowest BCUT2D eigenvalue weighted by molar-refractivity contribution is 0.669. The topological polar surface area (TPSA) is 21.3 Å². The second kappa shape index (κ2) is 11.9. The summed E-state index contributed by atoms with van der Waals surface area (Å²) >= 11 is 0. The van der Waals surface area contributed by atoms with Crippen molar-refractivity contribution in [2.24, 2.45) is 0 Å². The van der Waals surface area contributed by atoms with Crippen molar-refractivity contribution < 1.29 is 4.42 Å². The zero-order chi connectivity index (χ0) is 33.7. The number of furan rings is 1. The van der Waals surface area contributed by atoms with Gasteiger partial charge < -0.3 is 13.9 Å². The van der Waals surface area contributed by atoms with Crippen LogP contribution < -0.4 is 4.90 Å². The maximum Gasteiger partial charge on any atom is 0.136 e. The van der Waals surface area contributed by atoms with Crippen molar-refractivity contribution in [3.8, 4) is 27.9 Å². The highest BCUT2D eigenvalue weighted by Crippen LogP contribution is 2.42. The smallest absolute Gasteiger partial charge is 0.136 e. The first kappa shape index (κ1) is 29.1. The molecule has 3 heteroatoms. The third-order valence-corrected chi connectivity index (χ3v) is 10.0. The van der Waals surface area contributed by atoms with Gasteiger partial charge in [-0.2, -0.15) is 0 Å². The van der Waals surface area contributed by atoms with Gasteiger partial charge in [0.05, 0.1) is 22.4 Å². The second-order valence-electron chi connectivity index (χ2n) is 13.0. The summed E-state index contributed by atoms with van der Waals surface area (Å²) in [5, 5.41) is 4.77. The van der Waals surface area contributed by atoms with Gasteiger partial charge in [0.1, 0.15) is 11.2 Å². The van der Waals surface area contributed by atoms with Crippen LogP contribution in [0.15, 0.2) is 199 Å². The first-order valence-corrected chi connectivity index (χ1v) is 17.4. The van der Waals surface area contributed by atoms with Crippen molar-refractivity contribution in [1.82, 2.24) is 4.57 Å².